The van der Waals surface area contributed by atoms with Crippen LogP contribution in [-0.2, 0) is 6.42 Å². The van der Waals surface area contributed by atoms with Gasteiger partial charge in [-0.3, -0.25) is 4.79 Å². The number of carbonyl (C=O) groups excluding carboxylic acids is 1. The van der Waals surface area contributed by atoms with Crippen LogP contribution in [0.15, 0.2) is 24.3 Å². The fourth-order valence-corrected chi connectivity index (χ4v) is 3.25. The Balaban J connectivity index is 2.01. The van der Waals surface area contributed by atoms with Crippen molar-refractivity contribution in [1.29, 1.82) is 0 Å². The largest absolute Gasteiger partial charge is 0.396 e. The number of aryl methyl sites for hydroxylation is 1. The molecule has 1 aromatic rings. The maximum atomic E-state index is 12.7. The summed E-state index contributed by atoms with van der Waals surface area (Å²) in [6, 6.07) is 7.78. The molecule has 2 rings (SSSR count). The summed E-state index contributed by atoms with van der Waals surface area (Å²) in [6.45, 7) is 4.97. The van der Waals surface area contributed by atoms with Crippen molar-refractivity contribution >= 4 is 5.91 Å². The van der Waals surface area contributed by atoms with Crippen LogP contribution in [0.5, 0.6) is 0 Å². The molecule has 128 valence electrons. The van der Waals surface area contributed by atoms with Gasteiger partial charge in [0.2, 0.25) is 0 Å². The molecule has 1 aromatic carbocycles. The van der Waals surface area contributed by atoms with E-state index in [0.717, 1.165) is 13.0 Å². The molecule has 5 nitrogen and oxygen atoms in total. The first-order valence-electron chi connectivity index (χ1n) is 8.37. The number of likely N-dealkylation sites (N-methyl/N-ethyl adjacent to an activating group) is 1. The van der Waals surface area contributed by atoms with Gasteiger partial charge in [-0.25, -0.2) is 0 Å². The molecule has 0 spiro atoms. The minimum atomic E-state index is 0.0402. The number of rotatable bonds is 7. The van der Waals surface area contributed by atoms with Gasteiger partial charge in [-0.2, -0.15) is 0 Å². The van der Waals surface area contributed by atoms with E-state index in [-0.39, 0.29) is 31.0 Å². The summed E-state index contributed by atoms with van der Waals surface area (Å²) in [6.07, 6.45) is 0.962. The second-order valence-electron chi connectivity index (χ2n) is 6.45. The van der Waals surface area contributed by atoms with E-state index in [4.69, 9.17) is 5.11 Å². The predicted molar refractivity (Wildman–Crippen MR) is 90.4 cm³/mol. The second kappa shape index (κ2) is 8.43. The van der Waals surface area contributed by atoms with Gasteiger partial charge in [0.15, 0.2) is 0 Å². The molecule has 0 unspecified atom stereocenters. The fraction of sp³-hybridized carbons (Fsp3) is 0.611. The standard InChI is InChI=1S/C18H28N2O3/c1-3-14-4-6-15(7-5-14)18(23)20-11-16(17(12-20)13-22)10-19(2)8-9-21/h4-7,16-17,21-22H,3,8-13H2,1-2H3/t16-,17-/m1/s1. The Morgan fingerprint density at radius 3 is 2.43 bits per heavy atom. The molecule has 1 saturated heterocycles. The molecule has 1 amide bonds. The van der Waals surface area contributed by atoms with Gasteiger partial charge in [-0.1, -0.05) is 19.1 Å². The van der Waals surface area contributed by atoms with Crippen molar-refractivity contribution in [3.8, 4) is 0 Å². The van der Waals surface area contributed by atoms with E-state index in [1.807, 2.05) is 36.2 Å². The molecule has 1 aliphatic heterocycles. The molecule has 0 radical (unpaired) electrons. The Kier molecular flexibility index (Phi) is 6.57. The minimum Gasteiger partial charge on any atom is -0.396 e. The predicted octanol–water partition coefficient (Wildman–Crippen LogP) is 0.854. The van der Waals surface area contributed by atoms with Crippen molar-refractivity contribution < 1.29 is 15.0 Å². The molecule has 0 bridgehead atoms. The summed E-state index contributed by atoms with van der Waals surface area (Å²) >= 11 is 0. The summed E-state index contributed by atoms with van der Waals surface area (Å²) < 4.78 is 0. The quantitative estimate of drug-likeness (QED) is 0.782. The van der Waals surface area contributed by atoms with Crippen molar-refractivity contribution in [2.24, 2.45) is 11.8 Å². The van der Waals surface area contributed by atoms with Crippen LogP contribution in [0.3, 0.4) is 0 Å². The highest BCUT2D eigenvalue weighted by molar-refractivity contribution is 5.94. The number of amides is 1. The van der Waals surface area contributed by atoms with Crippen molar-refractivity contribution in [2.75, 3.05) is 46.4 Å². The average Bonchev–Trinajstić information content (AvgIpc) is 2.97. The van der Waals surface area contributed by atoms with Crippen LogP contribution in [0, 0.1) is 11.8 Å². The molecule has 2 N–H and O–H groups in total. The second-order valence-corrected chi connectivity index (χ2v) is 6.45. The first-order valence-corrected chi connectivity index (χ1v) is 8.37. The molecule has 5 heteroatoms. The van der Waals surface area contributed by atoms with Crippen LogP contribution in [0.1, 0.15) is 22.8 Å². The lowest BCUT2D eigenvalue weighted by atomic mass is 9.96. The van der Waals surface area contributed by atoms with Gasteiger partial charge in [0.05, 0.1) is 6.61 Å². The van der Waals surface area contributed by atoms with Gasteiger partial charge >= 0.3 is 0 Å². The maximum Gasteiger partial charge on any atom is 0.253 e. The van der Waals surface area contributed by atoms with Gasteiger partial charge < -0.3 is 20.0 Å². The zero-order valence-corrected chi connectivity index (χ0v) is 14.1. The van der Waals surface area contributed by atoms with Crippen molar-refractivity contribution in [1.82, 2.24) is 9.80 Å². The SMILES string of the molecule is CCc1ccc(C(=O)N2C[C@@H](CN(C)CCO)[C@@H](CO)C2)cc1. The van der Waals surface area contributed by atoms with Crippen LogP contribution >= 0.6 is 0 Å². The van der Waals surface area contributed by atoms with Gasteiger partial charge in [0.25, 0.3) is 5.91 Å². The van der Waals surface area contributed by atoms with E-state index >= 15 is 0 Å². The molecule has 23 heavy (non-hydrogen) atoms. The molecular weight excluding hydrogens is 292 g/mol. The first-order chi connectivity index (χ1) is 11.1. The molecule has 0 saturated carbocycles. The van der Waals surface area contributed by atoms with Crippen LogP contribution in [0.2, 0.25) is 0 Å². The van der Waals surface area contributed by atoms with E-state index in [0.29, 0.717) is 25.2 Å². The molecule has 1 aliphatic rings. The Bertz CT molecular complexity index is 503. The van der Waals surface area contributed by atoms with Gasteiger partial charge in [0, 0.05) is 44.3 Å². The Hall–Kier alpha value is -1.43. The molecular formula is C18H28N2O3. The number of nitrogens with zero attached hydrogens (tertiary/aromatic N) is 2. The van der Waals surface area contributed by atoms with Crippen LogP contribution in [0.25, 0.3) is 0 Å². The maximum absolute atomic E-state index is 12.7. The molecule has 1 heterocycles. The number of benzene rings is 1. The monoisotopic (exact) mass is 320 g/mol. The number of hydrogen-bond donors (Lipinski definition) is 2. The Labute approximate surface area is 138 Å². The molecule has 2 atom stereocenters. The molecule has 1 fully saturated rings. The van der Waals surface area contributed by atoms with E-state index in [1.165, 1.54) is 5.56 Å². The van der Waals surface area contributed by atoms with E-state index < -0.39 is 0 Å². The van der Waals surface area contributed by atoms with Gasteiger partial charge in [-0.05, 0) is 37.1 Å². The number of likely N-dealkylation sites (tertiary alicyclic amines) is 1. The minimum absolute atomic E-state index is 0.0402. The average molecular weight is 320 g/mol. The van der Waals surface area contributed by atoms with Crippen molar-refractivity contribution in [2.45, 2.75) is 13.3 Å². The summed E-state index contributed by atoms with van der Waals surface area (Å²) in [7, 11) is 1.96. The third-order valence-corrected chi connectivity index (χ3v) is 4.74. The molecule has 0 aromatic heterocycles. The summed E-state index contributed by atoms with van der Waals surface area (Å²) in [4.78, 5) is 16.6. The van der Waals surface area contributed by atoms with E-state index in [9.17, 15) is 9.90 Å². The number of aliphatic hydroxyl groups excluding tert-OH is 2. The van der Waals surface area contributed by atoms with Crippen molar-refractivity contribution in [3.05, 3.63) is 35.4 Å². The number of aliphatic hydroxyl groups is 2. The number of hydrogen-bond acceptors (Lipinski definition) is 4. The van der Waals surface area contributed by atoms with E-state index in [2.05, 4.69) is 11.8 Å². The van der Waals surface area contributed by atoms with Crippen molar-refractivity contribution in [3.63, 3.8) is 0 Å². The summed E-state index contributed by atoms with van der Waals surface area (Å²) in [5, 5.41) is 18.6. The normalized spacial score (nSPS) is 21.2. The van der Waals surface area contributed by atoms with Crippen LogP contribution in [0.4, 0.5) is 0 Å². The lowest BCUT2D eigenvalue weighted by Gasteiger charge is -2.23. The third-order valence-electron chi connectivity index (χ3n) is 4.74. The van der Waals surface area contributed by atoms with Gasteiger partial charge in [-0.15, -0.1) is 0 Å². The molecule has 0 aliphatic carbocycles. The lowest BCUT2D eigenvalue weighted by molar-refractivity contribution is 0.0779. The Morgan fingerprint density at radius 2 is 1.87 bits per heavy atom. The lowest BCUT2D eigenvalue weighted by Crippen LogP contribution is -2.33. The highest BCUT2D eigenvalue weighted by Crippen LogP contribution is 2.25. The van der Waals surface area contributed by atoms with Crippen LogP contribution < -0.4 is 0 Å². The number of carbonyl (C=O) groups is 1. The van der Waals surface area contributed by atoms with Gasteiger partial charge in [0.1, 0.15) is 0 Å². The Morgan fingerprint density at radius 1 is 1.22 bits per heavy atom. The third kappa shape index (κ3) is 4.53. The zero-order chi connectivity index (χ0) is 16.8. The topological polar surface area (TPSA) is 64.0 Å². The summed E-state index contributed by atoms with van der Waals surface area (Å²) in [5.74, 6) is 0.392. The summed E-state index contributed by atoms with van der Waals surface area (Å²) in [5.41, 5.74) is 1.93. The van der Waals surface area contributed by atoms with E-state index in [1.54, 1.807) is 0 Å². The smallest absolute Gasteiger partial charge is 0.253 e. The van der Waals surface area contributed by atoms with Crippen LogP contribution in [-0.4, -0.2) is 72.4 Å². The fourth-order valence-electron chi connectivity index (χ4n) is 3.25. The zero-order valence-electron chi connectivity index (χ0n) is 14.1. The first kappa shape index (κ1) is 17.9. The highest BCUT2D eigenvalue weighted by Gasteiger charge is 2.35. The highest BCUT2D eigenvalue weighted by atomic mass is 16.3.